The van der Waals surface area contributed by atoms with Crippen LogP contribution in [0.15, 0.2) is 267 Å². The van der Waals surface area contributed by atoms with E-state index in [1.807, 2.05) is 24.3 Å². The third kappa shape index (κ3) is 8.58. The molecule has 4 nitrogen and oxygen atoms in total. The van der Waals surface area contributed by atoms with Crippen LogP contribution in [0.1, 0.15) is 0 Å². The van der Waals surface area contributed by atoms with Gasteiger partial charge in [0.25, 0.3) is 0 Å². The summed E-state index contributed by atoms with van der Waals surface area (Å²) in [5.74, 6) is 1.33. The van der Waals surface area contributed by atoms with Crippen molar-refractivity contribution in [2.24, 2.45) is 0 Å². The summed E-state index contributed by atoms with van der Waals surface area (Å²) in [5, 5.41) is 2.14. The minimum Gasteiger partial charge on any atom is -0.228 e. The molecular weight excluding hydrogens is 849 g/mol. The van der Waals surface area contributed by atoms with E-state index in [2.05, 4.69) is 243 Å². The molecule has 0 saturated carbocycles. The van der Waals surface area contributed by atoms with Crippen LogP contribution in [0.4, 0.5) is 0 Å². The van der Waals surface area contributed by atoms with Crippen LogP contribution in [-0.4, -0.2) is 19.9 Å². The average Bonchev–Trinajstić information content (AvgIpc) is 3.45. The monoisotopic (exact) mass is 892 g/mol. The maximum atomic E-state index is 5.32. The van der Waals surface area contributed by atoms with E-state index in [4.69, 9.17) is 19.9 Å². The summed E-state index contributed by atoms with van der Waals surface area (Å²) in [7, 11) is 0. The summed E-state index contributed by atoms with van der Waals surface area (Å²) in [6.07, 6.45) is 0. The zero-order valence-electron chi connectivity index (χ0n) is 38.2. The molecule has 0 aliphatic heterocycles. The molecule has 0 aliphatic rings. The SMILES string of the molecule is c1ccc(-c2ccc(-c3ccc(-c4nc(-c5ccccc5)cc(-c5cccc6c(-c7cc(-c8ccccc8)nc(-c8ccc(-c9ccc(-c%10ccccc%10)cc9)cc8)n7)cccc56)n4)cc3)cc2)cc1. The Kier molecular flexibility index (Phi) is 11.2. The molecule has 12 rings (SSSR count). The van der Waals surface area contributed by atoms with Gasteiger partial charge in [-0.3, -0.25) is 0 Å². The van der Waals surface area contributed by atoms with Crippen molar-refractivity contribution in [3.8, 4) is 112 Å². The van der Waals surface area contributed by atoms with E-state index in [1.165, 1.54) is 22.3 Å². The smallest absolute Gasteiger partial charge is 0.160 e. The Morgan fingerprint density at radius 3 is 0.714 bits per heavy atom. The van der Waals surface area contributed by atoms with Gasteiger partial charge < -0.3 is 0 Å². The molecule has 0 aliphatic carbocycles. The number of rotatable bonds is 10. The standard InChI is InChI=1S/C66H44N4/c1-5-15-45(16-6-1)47-27-31-49(32-28-47)51-35-39-55(40-36-51)65-67-61(53-19-9-3-10-20-53)43-63(69-65)59-25-13-24-58-57(59)23-14-26-60(58)64-44-62(54-21-11-4-12-22-54)68-66(70-64)56-41-37-52(38-42-56)50-33-29-48(30-34-50)46-17-7-2-8-18-46/h1-44H. The highest BCUT2D eigenvalue weighted by molar-refractivity contribution is 6.04. The summed E-state index contributed by atoms with van der Waals surface area (Å²) in [6.45, 7) is 0. The van der Waals surface area contributed by atoms with Crippen LogP contribution in [0.3, 0.4) is 0 Å². The number of hydrogen-bond acceptors (Lipinski definition) is 4. The molecule has 10 aromatic carbocycles. The first kappa shape index (κ1) is 42.0. The fraction of sp³-hybridized carbons (Fsp3) is 0. The Hall–Kier alpha value is -9.38. The van der Waals surface area contributed by atoms with Crippen molar-refractivity contribution >= 4 is 10.8 Å². The van der Waals surface area contributed by atoms with Crippen molar-refractivity contribution in [3.63, 3.8) is 0 Å². The van der Waals surface area contributed by atoms with Crippen LogP contribution in [0.5, 0.6) is 0 Å². The Morgan fingerprint density at radius 2 is 0.414 bits per heavy atom. The van der Waals surface area contributed by atoms with Crippen molar-refractivity contribution in [2.45, 2.75) is 0 Å². The molecular formula is C66H44N4. The molecule has 4 heteroatoms. The molecule has 0 N–H and O–H groups in total. The lowest BCUT2D eigenvalue weighted by atomic mass is 9.95. The number of benzene rings is 10. The van der Waals surface area contributed by atoms with E-state index in [0.29, 0.717) is 11.6 Å². The van der Waals surface area contributed by atoms with Gasteiger partial charge in [-0.2, -0.15) is 0 Å². The van der Waals surface area contributed by atoms with Crippen molar-refractivity contribution < 1.29 is 0 Å². The van der Waals surface area contributed by atoms with Gasteiger partial charge in [0.2, 0.25) is 0 Å². The molecule has 12 aromatic rings. The molecule has 70 heavy (non-hydrogen) atoms. The van der Waals surface area contributed by atoms with Gasteiger partial charge in [0.05, 0.1) is 22.8 Å². The fourth-order valence-electron chi connectivity index (χ4n) is 9.29. The highest BCUT2D eigenvalue weighted by Crippen LogP contribution is 2.38. The third-order valence-electron chi connectivity index (χ3n) is 13.0. The maximum absolute atomic E-state index is 5.32. The molecule has 0 spiro atoms. The molecule has 0 unspecified atom stereocenters. The van der Waals surface area contributed by atoms with Crippen molar-refractivity contribution in [1.82, 2.24) is 19.9 Å². The second-order valence-corrected chi connectivity index (χ2v) is 17.4. The molecule has 0 amide bonds. The molecule has 2 heterocycles. The molecule has 0 bridgehead atoms. The second-order valence-electron chi connectivity index (χ2n) is 17.4. The van der Waals surface area contributed by atoms with E-state index in [1.54, 1.807) is 0 Å². The topological polar surface area (TPSA) is 51.6 Å². The van der Waals surface area contributed by atoms with E-state index < -0.39 is 0 Å². The number of hydrogen-bond donors (Lipinski definition) is 0. The van der Waals surface area contributed by atoms with Gasteiger partial charge in [-0.05, 0) is 67.4 Å². The number of aromatic nitrogens is 4. The zero-order valence-corrected chi connectivity index (χ0v) is 38.2. The van der Waals surface area contributed by atoms with Crippen LogP contribution in [0.25, 0.3) is 123 Å². The minimum atomic E-state index is 0.665. The van der Waals surface area contributed by atoms with Gasteiger partial charge in [-0.25, -0.2) is 19.9 Å². The van der Waals surface area contributed by atoms with Crippen molar-refractivity contribution in [1.29, 1.82) is 0 Å². The Labute approximate surface area is 408 Å². The van der Waals surface area contributed by atoms with Crippen LogP contribution in [-0.2, 0) is 0 Å². The van der Waals surface area contributed by atoms with Crippen LogP contribution in [0.2, 0.25) is 0 Å². The summed E-state index contributed by atoms with van der Waals surface area (Å²) >= 11 is 0. The van der Waals surface area contributed by atoms with Crippen molar-refractivity contribution in [2.75, 3.05) is 0 Å². The fourth-order valence-corrected chi connectivity index (χ4v) is 9.29. The first-order valence-corrected chi connectivity index (χ1v) is 23.6. The van der Waals surface area contributed by atoms with Crippen LogP contribution >= 0.6 is 0 Å². The molecule has 0 atom stereocenters. The van der Waals surface area contributed by atoms with E-state index in [9.17, 15) is 0 Å². The van der Waals surface area contributed by atoms with Gasteiger partial charge in [0.1, 0.15) is 0 Å². The summed E-state index contributed by atoms with van der Waals surface area (Å²) in [5.41, 5.74) is 18.8. The number of nitrogens with zero attached hydrogens (tertiary/aromatic N) is 4. The van der Waals surface area contributed by atoms with Crippen LogP contribution < -0.4 is 0 Å². The minimum absolute atomic E-state index is 0.665. The van der Waals surface area contributed by atoms with Gasteiger partial charge >= 0.3 is 0 Å². The first-order chi connectivity index (χ1) is 34.7. The molecule has 0 saturated heterocycles. The van der Waals surface area contributed by atoms with Crippen LogP contribution in [0, 0.1) is 0 Å². The predicted molar refractivity (Wildman–Crippen MR) is 289 cm³/mol. The lowest BCUT2D eigenvalue weighted by molar-refractivity contribution is 1.18. The largest absolute Gasteiger partial charge is 0.228 e. The average molecular weight is 893 g/mol. The Balaban J connectivity index is 0.912. The Bertz CT molecular complexity index is 3490. The second kappa shape index (κ2) is 18.7. The van der Waals surface area contributed by atoms with Gasteiger partial charge in [-0.1, -0.05) is 255 Å². The van der Waals surface area contributed by atoms with Crippen molar-refractivity contribution in [3.05, 3.63) is 267 Å². The predicted octanol–water partition coefficient (Wildman–Crippen LogP) is 17.1. The summed E-state index contributed by atoms with van der Waals surface area (Å²) in [4.78, 5) is 21.0. The molecule has 0 fully saturated rings. The third-order valence-corrected chi connectivity index (χ3v) is 13.0. The highest BCUT2D eigenvalue weighted by Gasteiger charge is 2.17. The molecule has 328 valence electrons. The lowest BCUT2D eigenvalue weighted by Crippen LogP contribution is -1.98. The van der Waals surface area contributed by atoms with E-state index in [-0.39, 0.29) is 0 Å². The summed E-state index contributed by atoms with van der Waals surface area (Å²) in [6, 6.07) is 93.4. The normalized spacial score (nSPS) is 11.1. The Morgan fingerprint density at radius 1 is 0.171 bits per heavy atom. The molecule has 0 radical (unpaired) electrons. The zero-order chi connectivity index (χ0) is 46.6. The van der Waals surface area contributed by atoms with Gasteiger partial charge in [-0.15, -0.1) is 0 Å². The van der Waals surface area contributed by atoms with Gasteiger partial charge in [0.15, 0.2) is 11.6 Å². The molecule has 2 aromatic heterocycles. The van der Waals surface area contributed by atoms with Gasteiger partial charge in [0, 0.05) is 33.4 Å². The number of fused-ring (bicyclic) bond motifs is 1. The van der Waals surface area contributed by atoms with E-state index >= 15 is 0 Å². The highest BCUT2D eigenvalue weighted by atomic mass is 14.9. The summed E-state index contributed by atoms with van der Waals surface area (Å²) < 4.78 is 0. The quantitative estimate of drug-likeness (QED) is 0.137. The lowest BCUT2D eigenvalue weighted by Gasteiger charge is -2.14. The first-order valence-electron chi connectivity index (χ1n) is 23.6. The van der Waals surface area contributed by atoms with E-state index in [0.717, 1.165) is 89.2 Å². The maximum Gasteiger partial charge on any atom is 0.160 e.